The number of unbranched alkanes of at least 4 members (excludes halogenated alkanes) is 1. The summed E-state index contributed by atoms with van der Waals surface area (Å²) in [5.74, 6) is 0.659. The van der Waals surface area contributed by atoms with Crippen molar-refractivity contribution in [3.8, 4) is 0 Å². The van der Waals surface area contributed by atoms with Gasteiger partial charge in [0.1, 0.15) is 0 Å². The van der Waals surface area contributed by atoms with E-state index >= 15 is 0 Å². The van der Waals surface area contributed by atoms with E-state index in [2.05, 4.69) is 20.8 Å². The summed E-state index contributed by atoms with van der Waals surface area (Å²) in [6.45, 7) is 8.07. The molecule has 0 aliphatic rings. The van der Waals surface area contributed by atoms with Crippen molar-refractivity contribution >= 4 is 0 Å². The Bertz CT molecular complexity index is 80.9. The van der Waals surface area contributed by atoms with Crippen molar-refractivity contribution < 1.29 is 5.11 Å². The van der Waals surface area contributed by atoms with Crippen LogP contribution in [-0.4, -0.2) is 11.2 Å². The summed E-state index contributed by atoms with van der Waals surface area (Å²) in [6, 6.07) is 0. The first-order valence-corrected chi connectivity index (χ1v) is 4.68. The molecule has 1 unspecified atom stereocenters. The van der Waals surface area contributed by atoms with Crippen molar-refractivity contribution in [1.82, 2.24) is 0 Å². The van der Waals surface area contributed by atoms with Crippen LogP contribution in [0.15, 0.2) is 0 Å². The summed E-state index contributed by atoms with van der Waals surface area (Å²) in [5.41, 5.74) is 0. The Balaban J connectivity index is 3.27. The molecular formula is C10H21O. The van der Waals surface area contributed by atoms with E-state index in [9.17, 15) is 5.11 Å². The third-order valence-electron chi connectivity index (χ3n) is 2.06. The molecule has 0 saturated heterocycles. The predicted octanol–water partition coefficient (Wildman–Crippen LogP) is 2.79. The smallest absolute Gasteiger partial charge is 0.0542 e. The van der Waals surface area contributed by atoms with Gasteiger partial charge in [0.05, 0.1) is 6.10 Å². The van der Waals surface area contributed by atoms with Gasteiger partial charge in [0.25, 0.3) is 0 Å². The highest BCUT2D eigenvalue weighted by Crippen LogP contribution is 2.14. The average Bonchev–Trinajstić information content (AvgIpc) is 2.00. The summed E-state index contributed by atoms with van der Waals surface area (Å²) in [4.78, 5) is 0. The molecule has 0 fully saturated rings. The van der Waals surface area contributed by atoms with Crippen LogP contribution >= 0.6 is 0 Å². The Labute approximate surface area is 70.8 Å². The molecule has 0 rings (SSSR count). The highest BCUT2D eigenvalue weighted by molar-refractivity contribution is 4.62. The zero-order chi connectivity index (χ0) is 8.69. The first-order chi connectivity index (χ1) is 5.20. The predicted molar refractivity (Wildman–Crippen MR) is 49.3 cm³/mol. The fourth-order valence-electron chi connectivity index (χ4n) is 1.25. The molecule has 0 aromatic heterocycles. The van der Waals surface area contributed by atoms with Gasteiger partial charge in [-0.05, 0) is 18.8 Å². The zero-order valence-corrected chi connectivity index (χ0v) is 7.84. The molecule has 67 valence electrons. The van der Waals surface area contributed by atoms with E-state index in [0.29, 0.717) is 12.3 Å². The molecule has 0 amide bonds. The van der Waals surface area contributed by atoms with Crippen molar-refractivity contribution in [1.29, 1.82) is 0 Å². The Morgan fingerprint density at radius 1 is 1.45 bits per heavy atom. The van der Waals surface area contributed by atoms with E-state index < -0.39 is 0 Å². The SMILES string of the molecule is [CH2]C[C@@H](O)CC(C)CCCC. The van der Waals surface area contributed by atoms with Gasteiger partial charge >= 0.3 is 0 Å². The molecule has 0 aliphatic carbocycles. The minimum atomic E-state index is -0.179. The Kier molecular flexibility index (Phi) is 6.63. The average molecular weight is 157 g/mol. The number of hydrogen-bond donors (Lipinski definition) is 1. The van der Waals surface area contributed by atoms with Gasteiger partial charge in [-0.2, -0.15) is 0 Å². The molecule has 1 radical (unpaired) electrons. The van der Waals surface area contributed by atoms with Crippen LogP contribution in [0.25, 0.3) is 0 Å². The van der Waals surface area contributed by atoms with Gasteiger partial charge in [0, 0.05) is 0 Å². The van der Waals surface area contributed by atoms with Crippen molar-refractivity contribution in [2.45, 2.75) is 52.1 Å². The summed E-state index contributed by atoms with van der Waals surface area (Å²) in [7, 11) is 0. The summed E-state index contributed by atoms with van der Waals surface area (Å²) in [5, 5.41) is 9.27. The minimum Gasteiger partial charge on any atom is -0.393 e. The molecule has 2 atom stereocenters. The summed E-state index contributed by atoms with van der Waals surface area (Å²) < 4.78 is 0. The molecular weight excluding hydrogens is 136 g/mol. The minimum absolute atomic E-state index is 0.179. The quantitative estimate of drug-likeness (QED) is 0.628. The van der Waals surface area contributed by atoms with Gasteiger partial charge in [-0.1, -0.05) is 40.0 Å². The molecule has 1 nitrogen and oxygen atoms in total. The molecule has 1 heteroatoms. The standard InChI is InChI=1S/C10H21O/c1-4-6-7-9(3)8-10(11)5-2/h9-11H,2,4-8H2,1,3H3/t9?,10-/m1/s1. The first-order valence-electron chi connectivity index (χ1n) is 4.68. The number of hydrogen-bond acceptors (Lipinski definition) is 1. The number of rotatable bonds is 6. The van der Waals surface area contributed by atoms with Gasteiger partial charge < -0.3 is 5.11 Å². The third-order valence-corrected chi connectivity index (χ3v) is 2.06. The van der Waals surface area contributed by atoms with E-state index in [1.165, 1.54) is 19.3 Å². The fraction of sp³-hybridized carbons (Fsp3) is 0.900. The topological polar surface area (TPSA) is 20.2 Å². The number of aliphatic hydroxyl groups is 1. The van der Waals surface area contributed by atoms with Gasteiger partial charge in [0.2, 0.25) is 0 Å². The molecule has 0 spiro atoms. The van der Waals surface area contributed by atoms with Crippen LogP contribution < -0.4 is 0 Å². The Morgan fingerprint density at radius 2 is 2.09 bits per heavy atom. The van der Waals surface area contributed by atoms with Gasteiger partial charge in [0.15, 0.2) is 0 Å². The second kappa shape index (κ2) is 6.66. The summed E-state index contributed by atoms with van der Waals surface area (Å²) >= 11 is 0. The Morgan fingerprint density at radius 3 is 2.55 bits per heavy atom. The van der Waals surface area contributed by atoms with Gasteiger partial charge in [-0.25, -0.2) is 0 Å². The van der Waals surface area contributed by atoms with Crippen LogP contribution in [0.4, 0.5) is 0 Å². The van der Waals surface area contributed by atoms with Crippen LogP contribution in [0.3, 0.4) is 0 Å². The van der Waals surface area contributed by atoms with Crippen molar-refractivity contribution in [2.75, 3.05) is 0 Å². The highest BCUT2D eigenvalue weighted by atomic mass is 16.3. The molecule has 0 aliphatic heterocycles. The van der Waals surface area contributed by atoms with Crippen LogP contribution in [0, 0.1) is 12.8 Å². The second-order valence-electron chi connectivity index (χ2n) is 3.43. The maximum atomic E-state index is 9.27. The van der Waals surface area contributed by atoms with Crippen LogP contribution in [0.1, 0.15) is 46.0 Å². The van der Waals surface area contributed by atoms with Crippen LogP contribution in [-0.2, 0) is 0 Å². The van der Waals surface area contributed by atoms with E-state index in [-0.39, 0.29) is 6.10 Å². The normalized spacial score (nSPS) is 16.4. The summed E-state index contributed by atoms with van der Waals surface area (Å²) in [6.07, 6.45) is 5.17. The molecule has 0 aromatic carbocycles. The number of aliphatic hydroxyl groups excluding tert-OH is 1. The van der Waals surface area contributed by atoms with E-state index in [4.69, 9.17) is 0 Å². The maximum absolute atomic E-state index is 9.27. The monoisotopic (exact) mass is 157 g/mol. The lowest BCUT2D eigenvalue weighted by atomic mass is 9.97. The molecule has 0 aromatic rings. The van der Waals surface area contributed by atoms with E-state index in [1.54, 1.807) is 0 Å². The molecule has 0 bridgehead atoms. The lowest BCUT2D eigenvalue weighted by Crippen LogP contribution is -2.10. The zero-order valence-electron chi connectivity index (χ0n) is 7.84. The van der Waals surface area contributed by atoms with Crippen LogP contribution in [0.2, 0.25) is 0 Å². The molecule has 0 heterocycles. The maximum Gasteiger partial charge on any atom is 0.0542 e. The molecule has 1 N–H and O–H groups in total. The highest BCUT2D eigenvalue weighted by Gasteiger charge is 2.07. The third kappa shape index (κ3) is 6.36. The van der Waals surface area contributed by atoms with Crippen molar-refractivity contribution in [3.63, 3.8) is 0 Å². The van der Waals surface area contributed by atoms with Crippen molar-refractivity contribution in [3.05, 3.63) is 6.92 Å². The van der Waals surface area contributed by atoms with Gasteiger partial charge in [-0.3, -0.25) is 0 Å². The van der Waals surface area contributed by atoms with E-state index in [1.807, 2.05) is 0 Å². The van der Waals surface area contributed by atoms with E-state index in [0.717, 1.165) is 6.42 Å². The van der Waals surface area contributed by atoms with Crippen LogP contribution in [0.5, 0.6) is 0 Å². The fourth-order valence-corrected chi connectivity index (χ4v) is 1.25. The van der Waals surface area contributed by atoms with Gasteiger partial charge in [-0.15, -0.1) is 0 Å². The second-order valence-corrected chi connectivity index (χ2v) is 3.43. The lowest BCUT2D eigenvalue weighted by Gasteiger charge is -2.13. The molecule has 0 saturated carbocycles. The Hall–Kier alpha value is -0.0400. The molecule has 11 heavy (non-hydrogen) atoms. The largest absolute Gasteiger partial charge is 0.393 e. The van der Waals surface area contributed by atoms with Crippen molar-refractivity contribution in [2.24, 2.45) is 5.92 Å². The lowest BCUT2D eigenvalue weighted by molar-refractivity contribution is 0.145. The first kappa shape index (κ1) is 11.0.